The van der Waals surface area contributed by atoms with E-state index in [0.717, 1.165) is 35.8 Å². The highest BCUT2D eigenvalue weighted by Crippen LogP contribution is 2.30. The lowest BCUT2D eigenvalue weighted by molar-refractivity contribution is 0.0601. The summed E-state index contributed by atoms with van der Waals surface area (Å²) in [6.45, 7) is 4.63. The van der Waals surface area contributed by atoms with Gasteiger partial charge in [0.15, 0.2) is 0 Å². The van der Waals surface area contributed by atoms with Crippen LogP contribution >= 0.6 is 11.3 Å². The first-order chi connectivity index (χ1) is 11.2. The second-order valence-corrected chi connectivity index (χ2v) is 6.67. The number of hydrogen-bond donors (Lipinski definition) is 1. The molecule has 0 bridgehead atoms. The molecule has 0 unspecified atom stereocenters. The van der Waals surface area contributed by atoms with E-state index in [1.165, 1.54) is 0 Å². The molecule has 3 rings (SSSR count). The molecule has 2 heterocycles. The fraction of sp³-hybridized carbons (Fsp3) is 0.412. The number of nitrogens with two attached hydrogens (primary N) is 1. The molecule has 0 aliphatic carbocycles. The average molecular weight is 331 g/mol. The lowest BCUT2D eigenvalue weighted by atomic mass is 9.99. The van der Waals surface area contributed by atoms with Crippen LogP contribution < -0.4 is 10.5 Å². The molecule has 6 heteroatoms. The molecule has 0 radical (unpaired) electrons. The Morgan fingerprint density at radius 1 is 1.48 bits per heavy atom. The summed E-state index contributed by atoms with van der Waals surface area (Å²) >= 11 is 1.65. The van der Waals surface area contributed by atoms with E-state index >= 15 is 0 Å². The molecule has 1 amide bonds. The van der Waals surface area contributed by atoms with Crippen molar-refractivity contribution in [2.24, 2.45) is 5.73 Å². The van der Waals surface area contributed by atoms with E-state index in [9.17, 15) is 4.79 Å². The van der Waals surface area contributed by atoms with Crippen LogP contribution in [0.25, 0.3) is 0 Å². The zero-order chi connectivity index (χ0) is 16.2. The van der Waals surface area contributed by atoms with Gasteiger partial charge in [-0.3, -0.25) is 4.79 Å². The van der Waals surface area contributed by atoms with Crippen LogP contribution in [-0.4, -0.2) is 42.0 Å². The van der Waals surface area contributed by atoms with Crippen molar-refractivity contribution >= 4 is 17.2 Å². The maximum absolute atomic E-state index is 12.6. The van der Waals surface area contributed by atoms with Crippen LogP contribution in [0.3, 0.4) is 0 Å². The lowest BCUT2D eigenvalue weighted by Crippen LogP contribution is -2.48. The van der Waals surface area contributed by atoms with Crippen LogP contribution in [0.15, 0.2) is 29.8 Å². The van der Waals surface area contributed by atoms with Crippen LogP contribution in [0.4, 0.5) is 0 Å². The number of carbonyl (C=O) groups is 1. The van der Waals surface area contributed by atoms with E-state index in [1.807, 2.05) is 41.6 Å². The Morgan fingerprint density at radius 2 is 2.30 bits per heavy atom. The molecule has 1 saturated heterocycles. The topological polar surface area (TPSA) is 68.5 Å². The smallest absolute Gasteiger partial charge is 0.254 e. The number of aryl methyl sites for hydroxylation is 1. The zero-order valence-corrected chi connectivity index (χ0v) is 14.0. The Hall–Kier alpha value is -1.92. The van der Waals surface area contributed by atoms with Crippen LogP contribution in [0.2, 0.25) is 0 Å². The third-order valence-corrected chi connectivity index (χ3v) is 4.95. The highest BCUT2D eigenvalue weighted by Gasteiger charge is 2.33. The minimum Gasteiger partial charge on any atom is -0.493 e. The van der Waals surface area contributed by atoms with Gasteiger partial charge in [-0.1, -0.05) is 6.07 Å². The van der Waals surface area contributed by atoms with Gasteiger partial charge in [-0.15, -0.1) is 11.3 Å². The third-order valence-electron chi connectivity index (χ3n) is 4.01. The minimum atomic E-state index is 0.0569. The summed E-state index contributed by atoms with van der Waals surface area (Å²) < 4.78 is 5.72. The monoisotopic (exact) mass is 331 g/mol. The number of amides is 1. The van der Waals surface area contributed by atoms with E-state index in [2.05, 4.69) is 4.98 Å². The van der Waals surface area contributed by atoms with Crippen molar-refractivity contribution < 1.29 is 9.53 Å². The van der Waals surface area contributed by atoms with Crippen molar-refractivity contribution in [2.45, 2.75) is 19.3 Å². The Kier molecular flexibility index (Phi) is 4.93. The first-order valence-corrected chi connectivity index (χ1v) is 8.69. The first-order valence-electron chi connectivity index (χ1n) is 7.81. The molecule has 0 spiro atoms. The number of likely N-dealkylation sites (tertiary alicyclic amines) is 1. The molecule has 2 N–H and O–H groups in total. The predicted molar refractivity (Wildman–Crippen MR) is 91.1 cm³/mol. The summed E-state index contributed by atoms with van der Waals surface area (Å²) in [5.74, 6) is 1.20. The van der Waals surface area contributed by atoms with E-state index in [1.54, 1.807) is 11.3 Å². The second kappa shape index (κ2) is 7.10. The number of ether oxygens (including phenoxy) is 1. The normalized spacial score (nSPS) is 14.6. The van der Waals surface area contributed by atoms with Gasteiger partial charge in [-0.05, 0) is 37.6 Å². The van der Waals surface area contributed by atoms with Crippen LogP contribution in [0.5, 0.6) is 5.75 Å². The molecule has 1 aromatic carbocycles. The van der Waals surface area contributed by atoms with E-state index < -0.39 is 0 Å². The highest BCUT2D eigenvalue weighted by atomic mass is 32.1. The molecule has 5 nitrogen and oxygen atoms in total. The summed E-state index contributed by atoms with van der Waals surface area (Å²) in [6.07, 6.45) is 2.62. The number of aromatic nitrogens is 1. The Morgan fingerprint density at radius 3 is 3.00 bits per heavy atom. The fourth-order valence-electron chi connectivity index (χ4n) is 2.57. The van der Waals surface area contributed by atoms with Gasteiger partial charge >= 0.3 is 0 Å². The molecule has 122 valence electrons. The van der Waals surface area contributed by atoms with Gasteiger partial charge in [-0.25, -0.2) is 4.98 Å². The molecule has 1 fully saturated rings. The van der Waals surface area contributed by atoms with Gasteiger partial charge in [0.25, 0.3) is 5.91 Å². The quantitative estimate of drug-likeness (QED) is 0.826. The summed E-state index contributed by atoms with van der Waals surface area (Å²) in [7, 11) is 0. The zero-order valence-electron chi connectivity index (χ0n) is 13.2. The number of hydrogen-bond acceptors (Lipinski definition) is 5. The van der Waals surface area contributed by atoms with E-state index in [0.29, 0.717) is 24.6 Å². The van der Waals surface area contributed by atoms with Gasteiger partial charge in [0.1, 0.15) is 5.75 Å². The van der Waals surface area contributed by atoms with Crippen molar-refractivity contribution in [3.8, 4) is 5.75 Å². The van der Waals surface area contributed by atoms with Crippen molar-refractivity contribution in [2.75, 3.05) is 26.2 Å². The number of benzene rings is 1. The van der Waals surface area contributed by atoms with E-state index in [4.69, 9.17) is 10.5 Å². The molecular formula is C17H21N3O2S. The molecule has 1 aliphatic heterocycles. The molecule has 23 heavy (non-hydrogen) atoms. The molecule has 0 atom stereocenters. The van der Waals surface area contributed by atoms with Gasteiger partial charge in [0, 0.05) is 36.1 Å². The third kappa shape index (κ3) is 3.54. The maximum atomic E-state index is 12.6. The van der Waals surface area contributed by atoms with Crippen LogP contribution in [-0.2, 0) is 0 Å². The second-order valence-electron chi connectivity index (χ2n) is 5.75. The lowest BCUT2D eigenvalue weighted by Gasteiger charge is -2.38. The SMILES string of the molecule is Cc1ccc(C(=O)N2CC(c3nccs3)C2)cc1OCCCN. The fourth-order valence-corrected chi connectivity index (χ4v) is 3.30. The van der Waals surface area contributed by atoms with Gasteiger partial charge < -0.3 is 15.4 Å². The van der Waals surface area contributed by atoms with Gasteiger partial charge in [-0.2, -0.15) is 0 Å². The minimum absolute atomic E-state index is 0.0569. The summed E-state index contributed by atoms with van der Waals surface area (Å²) in [4.78, 5) is 18.8. The van der Waals surface area contributed by atoms with Gasteiger partial charge in [0.05, 0.1) is 11.6 Å². The van der Waals surface area contributed by atoms with Gasteiger partial charge in [0.2, 0.25) is 0 Å². The highest BCUT2D eigenvalue weighted by molar-refractivity contribution is 7.09. The largest absolute Gasteiger partial charge is 0.493 e. The molecule has 0 saturated carbocycles. The number of rotatable bonds is 6. The summed E-state index contributed by atoms with van der Waals surface area (Å²) in [5, 5.41) is 3.09. The molecule has 2 aromatic rings. The predicted octanol–water partition coefficient (Wildman–Crippen LogP) is 2.42. The number of nitrogens with zero attached hydrogens (tertiary/aromatic N) is 2. The van der Waals surface area contributed by atoms with Crippen molar-refractivity contribution in [1.82, 2.24) is 9.88 Å². The van der Waals surface area contributed by atoms with Crippen LogP contribution in [0.1, 0.15) is 33.3 Å². The van der Waals surface area contributed by atoms with Crippen LogP contribution in [0, 0.1) is 6.92 Å². The standard InChI is InChI=1S/C17H21N3O2S/c1-12-3-4-13(9-15(12)22-7-2-5-18)17(21)20-10-14(11-20)16-19-6-8-23-16/h3-4,6,8-9,14H,2,5,7,10-11,18H2,1H3. The summed E-state index contributed by atoms with van der Waals surface area (Å²) in [6, 6.07) is 5.64. The molecular weight excluding hydrogens is 310 g/mol. The molecule has 1 aromatic heterocycles. The van der Waals surface area contributed by atoms with Crippen molar-refractivity contribution in [3.63, 3.8) is 0 Å². The average Bonchev–Trinajstić information content (AvgIpc) is 3.01. The Balaban J connectivity index is 1.63. The molecule has 1 aliphatic rings. The number of carbonyl (C=O) groups excluding carboxylic acids is 1. The first kappa shape index (κ1) is 16.0. The Labute approximate surface area is 140 Å². The van der Waals surface area contributed by atoms with E-state index in [-0.39, 0.29) is 5.91 Å². The maximum Gasteiger partial charge on any atom is 0.254 e. The summed E-state index contributed by atoms with van der Waals surface area (Å²) in [5.41, 5.74) is 7.19. The number of thiazole rings is 1. The Bertz CT molecular complexity index is 666. The van der Waals surface area contributed by atoms with Crippen molar-refractivity contribution in [3.05, 3.63) is 45.9 Å². The van der Waals surface area contributed by atoms with Crippen molar-refractivity contribution in [1.29, 1.82) is 0 Å².